The van der Waals surface area contributed by atoms with Crippen LogP contribution in [0.4, 0.5) is 5.95 Å². The van der Waals surface area contributed by atoms with Gasteiger partial charge in [0.05, 0.1) is 44.0 Å². The number of hydrogen-bond acceptors (Lipinski definition) is 20. The van der Waals surface area contributed by atoms with Crippen molar-refractivity contribution in [3.8, 4) is 0 Å². The minimum Gasteiger partial charge on any atom is -0.460 e. The zero-order valence-corrected chi connectivity index (χ0v) is 50.0. The van der Waals surface area contributed by atoms with E-state index in [0.29, 0.717) is 63.4 Å². The monoisotopic (exact) mass is 1170 g/mol. The van der Waals surface area contributed by atoms with Gasteiger partial charge in [-0.15, -0.1) is 0 Å². The number of nitrogens with one attached hydrogen (secondary N) is 1. The highest BCUT2D eigenvalue weighted by atomic mass is 16.6. The average molecular weight is 1170 g/mol. The lowest BCUT2D eigenvalue weighted by Gasteiger charge is -2.42. The summed E-state index contributed by atoms with van der Waals surface area (Å²) in [4.78, 5) is 93.4. The van der Waals surface area contributed by atoms with Crippen molar-refractivity contribution in [2.24, 2.45) is 35.5 Å². The highest BCUT2D eigenvalue weighted by Crippen LogP contribution is 2.38. The fourth-order valence-corrected chi connectivity index (χ4v) is 11.5. The van der Waals surface area contributed by atoms with Gasteiger partial charge in [-0.05, 0) is 107 Å². The smallest absolute Gasteiger partial charge is 0.329 e. The molecule has 0 spiro atoms. The Morgan fingerprint density at radius 2 is 1.60 bits per heavy atom. The molecule has 3 fully saturated rings. The van der Waals surface area contributed by atoms with Gasteiger partial charge in [-0.3, -0.25) is 33.5 Å². The molecule has 15 atom stereocenters. The van der Waals surface area contributed by atoms with Gasteiger partial charge in [-0.25, -0.2) is 9.78 Å². The summed E-state index contributed by atoms with van der Waals surface area (Å²) in [6, 6.07) is -1.14. The number of carbonyl (C=O) groups excluding carboxylic acids is 5. The highest BCUT2D eigenvalue weighted by Gasteiger charge is 2.53. The molecule has 23 nitrogen and oxygen atoms in total. The summed E-state index contributed by atoms with van der Waals surface area (Å²) in [6.45, 7) is 12.1. The van der Waals surface area contributed by atoms with Crippen LogP contribution in [-0.4, -0.2) is 181 Å². The third-order valence-corrected chi connectivity index (χ3v) is 16.8. The largest absolute Gasteiger partial charge is 0.460 e. The lowest BCUT2D eigenvalue weighted by molar-refractivity contribution is -0.265. The molecule has 5 heterocycles. The minimum atomic E-state index is -2.43. The molecule has 2 aromatic heterocycles. The molecule has 0 unspecified atom stereocenters. The summed E-state index contributed by atoms with van der Waals surface area (Å²) >= 11 is 0. The number of methoxy groups -OCH3 is 3. The number of nitrogen functional groups attached to an aromatic ring is 1. The van der Waals surface area contributed by atoms with Crippen molar-refractivity contribution >= 4 is 46.3 Å². The van der Waals surface area contributed by atoms with E-state index in [4.69, 9.17) is 44.4 Å². The Labute approximate surface area is 486 Å². The number of amides is 1. The number of rotatable bonds is 11. The van der Waals surface area contributed by atoms with Crippen molar-refractivity contribution in [2.75, 3.05) is 46.8 Å². The first-order valence-corrected chi connectivity index (χ1v) is 29.1. The molecule has 23 heteroatoms. The molecule has 4 aliphatic rings. The number of fused-ring (bicyclic) bond motifs is 4. The van der Waals surface area contributed by atoms with Crippen LogP contribution in [0.1, 0.15) is 126 Å². The zero-order chi connectivity index (χ0) is 61.3. The Bertz CT molecular complexity index is 2670. The van der Waals surface area contributed by atoms with E-state index < -0.39 is 95.5 Å². The van der Waals surface area contributed by atoms with Crippen LogP contribution in [-0.2, 0) is 59.1 Å². The van der Waals surface area contributed by atoms with Crippen LogP contribution in [0.3, 0.4) is 0 Å². The molecule has 2 saturated heterocycles. The predicted octanol–water partition coefficient (Wildman–Crippen LogP) is 4.21. The predicted molar refractivity (Wildman–Crippen MR) is 307 cm³/mol. The Morgan fingerprint density at radius 3 is 2.28 bits per heavy atom. The normalized spacial score (nSPS) is 33.1. The van der Waals surface area contributed by atoms with Gasteiger partial charge in [0.2, 0.25) is 11.7 Å². The number of nitrogens with two attached hydrogens (primary N) is 1. The number of aromatic amines is 1. The maximum Gasteiger partial charge on any atom is 0.329 e. The molecule has 1 amide bonds. The quantitative estimate of drug-likeness (QED) is 0.0941. The van der Waals surface area contributed by atoms with Gasteiger partial charge in [-0.2, -0.15) is 4.98 Å². The number of allylic oxidation sites excluding steroid dienone is 6. The van der Waals surface area contributed by atoms with Gasteiger partial charge in [0.15, 0.2) is 16.9 Å². The molecule has 0 aromatic carbocycles. The van der Waals surface area contributed by atoms with Crippen LogP contribution in [0.5, 0.6) is 0 Å². The van der Waals surface area contributed by atoms with E-state index in [1.165, 1.54) is 22.9 Å². The van der Waals surface area contributed by atoms with E-state index in [2.05, 4.69) is 15.0 Å². The molecule has 6 rings (SSSR count). The number of ether oxygens (including phenoxy) is 6. The molecular formula is C60H92N6O17. The van der Waals surface area contributed by atoms with Gasteiger partial charge >= 0.3 is 5.97 Å². The topological polar surface area (TPSA) is 335 Å². The van der Waals surface area contributed by atoms with Crippen LogP contribution in [0.15, 0.2) is 58.7 Å². The fourth-order valence-electron chi connectivity index (χ4n) is 11.5. The molecule has 1 saturated carbocycles. The second-order valence-corrected chi connectivity index (χ2v) is 23.2. The number of anilines is 1. The third-order valence-electron chi connectivity index (χ3n) is 16.8. The summed E-state index contributed by atoms with van der Waals surface area (Å²) in [5.74, 6) is -7.98. The summed E-state index contributed by atoms with van der Waals surface area (Å²) < 4.78 is 36.0. The number of esters is 1. The Kier molecular flexibility index (Phi) is 26.6. The van der Waals surface area contributed by atoms with Crippen molar-refractivity contribution in [1.82, 2.24) is 24.4 Å². The summed E-state index contributed by atoms with van der Waals surface area (Å²) in [5.41, 5.74) is 6.70. The Hall–Kier alpha value is -5.34. The molecule has 83 heavy (non-hydrogen) atoms. The standard InChI is InChI=1S/C51H79NO13.C9H13N5O4/c1-30-16-12-11-13-17-31(2)42(61-8)28-38-21-19-36(7)51(60,65-38)48(57)49(58)52-23-15-14-18-39(52)50(59)64-43(33(4)26-37-20-22-40(53)44(27-37)62-9)29-41(54)32(3)25-35(6)46(56)47(63-10)45(55)34(5)24-30;10-9-12-7-6(8(17)13-9)11-3-14(7)4-18-5(1-15)2-16/h11-13,16-17,25,30,32-34,36-40,42-44,46-47,53,56,60H,14-15,18-24,26-29H2,1-10H3;3,5,15-16H,1-2,4H2,(H3,10,12,13,17)/b13-11?,16-12+,31-17?,35-25+;/t30-,32-,33-,34-,36-,37+,38+,39+,40-,42+,43+,44-,46-,47+,51-;/m1./s1. The second-order valence-electron chi connectivity index (χ2n) is 23.2. The lowest BCUT2D eigenvalue weighted by Crippen LogP contribution is -2.61. The number of piperidine rings is 1. The number of aromatic nitrogens is 4. The molecule has 0 radical (unpaired) electrons. The van der Waals surface area contributed by atoms with E-state index in [-0.39, 0.29) is 91.9 Å². The molecule has 464 valence electrons. The van der Waals surface area contributed by atoms with Crippen LogP contribution in [0.2, 0.25) is 0 Å². The van der Waals surface area contributed by atoms with E-state index in [0.717, 1.165) is 12.0 Å². The van der Waals surface area contributed by atoms with E-state index >= 15 is 0 Å². The molecule has 2 bridgehead atoms. The number of imidazole rings is 1. The summed E-state index contributed by atoms with van der Waals surface area (Å²) in [6.07, 6.45) is 11.9. The fraction of sp³-hybridized carbons (Fsp3) is 0.700. The third kappa shape index (κ3) is 18.3. The summed E-state index contributed by atoms with van der Waals surface area (Å²) in [5, 5.41) is 51.5. The molecule has 3 aliphatic heterocycles. The number of aliphatic hydroxyl groups is 5. The first-order valence-electron chi connectivity index (χ1n) is 29.1. The maximum atomic E-state index is 14.4. The first-order chi connectivity index (χ1) is 39.4. The van der Waals surface area contributed by atoms with Gasteiger partial charge in [0.25, 0.3) is 17.2 Å². The SMILES string of the molecule is CO[C@H]1C[C@@H]2CC[C@@H](C)[C@@](O)(O2)C(=O)C(=O)N2CCCC[C@H]2C(=O)O[C@H]([C@H](C)C[C@@H]2CC[C@@H](O)[C@H](OC)C2)CC(=O)[C@H](C)/C=C(\C)[C@@H](O)[C@@H](OC)C(=O)[C@H](C)C[C@H](C)/C=C/C=CC=C1C.Nc1nc2c(ncn2COC(CO)CO)c(=O)[nH]1. The number of H-pyrrole nitrogens is 1. The van der Waals surface area contributed by atoms with Gasteiger partial charge in [0, 0.05) is 58.5 Å². The van der Waals surface area contributed by atoms with Gasteiger partial charge in [-0.1, -0.05) is 71.1 Å². The number of ketones is 3. The second kappa shape index (κ2) is 32.2. The van der Waals surface area contributed by atoms with Crippen LogP contribution >= 0.6 is 0 Å². The molecule has 1 aliphatic carbocycles. The van der Waals surface area contributed by atoms with Crippen molar-refractivity contribution in [1.29, 1.82) is 0 Å². The maximum absolute atomic E-state index is 14.4. The number of aliphatic hydroxyl groups excluding tert-OH is 4. The van der Waals surface area contributed by atoms with Crippen molar-refractivity contribution in [2.45, 2.75) is 193 Å². The van der Waals surface area contributed by atoms with Crippen LogP contribution in [0.25, 0.3) is 11.2 Å². The number of nitrogens with zero attached hydrogens (tertiary/aromatic N) is 4. The van der Waals surface area contributed by atoms with E-state index in [1.807, 2.05) is 58.1 Å². The zero-order valence-electron chi connectivity index (χ0n) is 50.0. The van der Waals surface area contributed by atoms with Crippen LogP contribution < -0.4 is 11.3 Å². The summed E-state index contributed by atoms with van der Waals surface area (Å²) in [7, 11) is 4.52. The van der Waals surface area contributed by atoms with Gasteiger partial charge < -0.3 is 64.6 Å². The van der Waals surface area contributed by atoms with E-state index in [1.54, 1.807) is 41.1 Å². The number of Topliss-reactive ketones (excluding diaryl/α,β-unsaturated/α-hetero) is 3. The highest BCUT2D eigenvalue weighted by molar-refractivity contribution is 6.39. The minimum absolute atomic E-state index is 0.00181. The number of hydrogen-bond donors (Lipinski definition) is 7. The Balaban J connectivity index is 0.000000590. The lowest BCUT2D eigenvalue weighted by atomic mass is 9.78. The van der Waals surface area contributed by atoms with Gasteiger partial charge in [0.1, 0.15) is 43.0 Å². The number of cyclic esters (lactones) is 1. The average Bonchev–Trinajstić information content (AvgIpc) is 4.10. The van der Waals surface area contributed by atoms with Crippen molar-refractivity contribution in [3.63, 3.8) is 0 Å². The molecular weight excluding hydrogens is 1080 g/mol. The Morgan fingerprint density at radius 1 is 0.880 bits per heavy atom. The van der Waals surface area contributed by atoms with Crippen LogP contribution in [0, 0.1) is 35.5 Å². The molecule has 8 N–H and O–H groups in total. The first kappa shape index (κ1) is 68.4. The van der Waals surface area contributed by atoms with Crippen molar-refractivity contribution < 1.29 is 77.9 Å². The van der Waals surface area contributed by atoms with E-state index in [9.17, 15) is 44.1 Å². The van der Waals surface area contributed by atoms with Crippen molar-refractivity contribution in [3.05, 3.63) is 64.3 Å². The molecule has 2 aromatic rings. The number of carbonyl (C=O) groups is 5.